The smallest absolute Gasteiger partial charge is 0.300 e. The van der Waals surface area contributed by atoms with E-state index in [0.717, 1.165) is 0 Å². The lowest BCUT2D eigenvalue weighted by atomic mass is 9.95. The summed E-state index contributed by atoms with van der Waals surface area (Å²) in [4.78, 5) is 38.8. The van der Waals surface area contributed by atoms with Gasteiger partial charge in [0.2, 0.25) is 5.91 Å². The lowest BCUT2D eigenvalue weighted by Gasteiger charge is -2.25. The first-order valence-corrected chi connectivity index (χ1v) is 10.2. The van der Waals surface area contributed by atoms with Crippen LogP contribution in [0.3, 0.4) is 0 Å². The van der Waals surface area contributed by atoms with Gasteiger partial charge in [-0.05, 0) is 42.0 Å². The van der Waals surface area contributed by atoms with Crippen molar-refractivity contribution < 1.29 is 19.5 Å². The number of Topliss-reactive ketones (excluding diaryl/α,β-unsaturated/α-hetero) is 1. The maximum absolute atomic E-state index is 13.1. The molecule has 2 N–H and O–H groups in total. The van der Waals surface area contributed by atoms with Crippen molar-refractivity contribution in [2.75, 3.05) is 10.2 Å². The molecule has 1 aliphatic heterocycles. The molecule has 1 atom stereocenters. The van der Waals surface area contributed by atoms with Gasteiger partial charge in [0, 0.05) is 28.9 Å². The number of carbonyl (C=O) groups excluding carboxylic acids is 3. The number of carbonyl (C=O) groups is 3. The summed E-state index contributed by atoms with van der Waals surface area (Å²) in [6.07, 6.45) is 0. The van der Waals surface area contributed by atoms with Crippen molar-refractivity contribution in [1.29, 1.82) is 0 Å². The lowest BCUT2D eigenvalue weighted by molar-refractivity contribution is -0.132. The number of anilines is 2. The minimum Gasteiger partial charge on any atom is -0.507 e. The van der Waals surface area contributed by atoms with Crippen LogP contribution in [0.5, 0.6) is 0 Å². The molecule has 3 aromatic carbocycles. The summed E-state index contributed by atoms with van der Waals surface area (Å²) < 4.78 is 0. The quantitative estimate of drug-likeness (QED) is 0.338. The zero-order chi connectivity index (χ0) is 22.8. The number of halogens is 1. The maximum atomic E-state index is 13.1. The highest BCUT2D eigenvalue weighted by atomic mass is 35.5. The van der Waals surface area contributed by atoms with E-state index in [1.165, 1.54) is 11.8 Å². The van der Waals surface area contributed by atoms with Gasteiger partial charge in [0.1, 0.15) is 5.76 Å². The fourth-order valence-corrected chi connectivity index (χ4v) is 3.85. The van der Waals surface area contributed by atoms with E-state index in [1.807, 2.05) is 0 Å². The van der Waals surface area contributed by atoms with E-state index in [2.05, 4.69) is 5.32 Å². The van der Waals surface area contributed by atoms with Crippen LogP contribution in [0, 0.1) is 0 Å². The third kappa shape index (κ3) is 4.00. The number of nitrogens with one attached hydrogen (secondary N) is 1. The Hall–Kier alpha value is -3.90. The Morgan fingerprint density at radius 1 is 0.938 bits per heavy atom. The number of aliphatic hydroxyl groups excluding tert-OH is 1. The van der Waals surface area contributed by atoms with E-state index < -0.39 is 17.7 Å². The van der Waals surface area contributed by atoms with E-state index in [4.69, 9.17) is 11.6 Å². The van der Waals surface area contributed by atoms with Crippen LogP contribution in [0.2, 0.25) is 5.02 Å². The molecule has 0 aliphatic carbocycles. The third-order valence-corrected chi connectivity index (χ3v) is 5.40. The van der Waals surface area contributed by atoms with Gasteiger partial charge < -0.3 is 10.4 Å². The Labute approximate surface area is 189 Å². The average molecular weight is 447 g/mol. The SMILES string of the molecule is CC(=O)Nc1ccc(N2C(=O)C(=O)C(=C(O)c3ccccc3)[C@@H]2c2ccc(Cl)cc2)cc1. The van der Waals surface area contributed by atoms with Crippen LogP contribution in [0.15, 0.2) is 84.4 Å². The van der Waals surface area contributed by atoms with Gasteiger partial charge in [-0.25, -0.2) is 0 Å². The van der Waals surface area contributed by atoms with Gasteiger partial charge in [0.15, 0.2) is 0 Å². The van der Waals surface area contributed by atoms with Crippen LogP contribution in [0.1, 0.15) is 24.1 Å². The molecule has 7 heteroatoms. The normalized spacial score (nSPS) is 17.4. The van der Waals surface area contributed by atoms with E-state index in [9.17, 15) is 19.5 Å². The van der Waals surface area contributed by atoms with E-state index in [1.54, 1.807) is 78.9 Å². The van der Waals surface area contributed by atoms with E-state index in [0.29, 0.717) is 27.5 Å². The number of ketones is 1. The van der Waals surface area contributed by atoms with Crippen molar-refractivity contribution in [3.63, 3.8) is 0 Å². The predicted octanol–water partition coefficient (Wildman–Crippen LogP) is 4.92. The summed E-state index contributed by atoms with van der Waals surface area (Å²) in [6, 6.07) is 21.1. The maximum Gasteiger partial charge on any atom is 0.300 e. The Morgan fingerprint density at radius 2 is 1.56 bits per heavy atom. The lowest BCUT2D eigenvalue weighted by Crippen LogP contribution is -2.29. The van der Waals surface area contributed by atoms with Crippen LogP contribution in [0.25, 0.3) is 5.76 Å². The molecule has 1 heterocycles. The Kier molecular flexibility index (Phi) is 5.79. The van der Waals surface area contributed by atoms with Crippen molar-refractivity contribution in [2.24, 2.45) is 0 Å². The largest absolute Gasteiger partial charge is 0.507 e. The zero-order valence-corrected chi connectivity index (χ0v) is 17.8. The summed E-state index contributed by atoms with van der Waals surface area (Å²) in [5, 5.41) is 14.2. The molecule has 1 saturated heterocycles. The first-order chi connectivity index (χ1) is 15.4. The van der Waals surface area contributed by atoms with Crippen LogP contribution in [0.4, 0.5) is 11.4 Å². The first-order valence-electron chi connectivity index (χ1n) is 9.86. The molecule has 1 fully saturated rings. The molecule has 6 nitrogen and oxygen atoms in total. The molecule has 0 radical (unpaired) electrons. The van der Waals surface area contributed by atoms with Gasteiger partial charge in [-0.3, -0.25) is 19.3 Å². The Morgan fingerprint density at radius 3 is 2.16 bits per heavy atom. The molecule has 0 saturated carbocycles. The van der Waals surface area contributed by atoms with Gasteiger partial charge in [0.05, 0.1) is 11.6 Å². The van der Waals surface area contributed by atoms with Gasteiger partial charge in [0.25, 0.3) is 11.7 Å². The standard InChI is InChI=1S/C25H19ClN2O4/c1-15(29)27-19-11-13-20(14-12-19)28-22(16-7-9-18(26)10-8-16)21(24(31)25(28)32)23(30)17-5-3-2-4-6-17/h2-14,22,30H,1H3,(H,27,29)/t22-/m0/s1. The molecule has 32 heavy (non-hydrogen) atoms. The van der Waals surface area contributed by atoms with Gasteiger partial charge in [-0.2, -0.15) is 0 Å². The van der Waals surface area contributed by atoms with Crippen molar-refractivity contribution in [3.05, 3.63) is 101 Å². The molecular formula is C25H19ClN2O4. The van der Waals surface area contributed by atoms with Crippen LogP contribution in [-0.2, 0) is 14.4 Å². The third-order valence-electron chi connectivity index (χ3n) is 5.14. The van der Waals surface area contributed by atoms with E-state index in [-0.39, 0.29) is 17.2 Å². The monoisotopic (exact) mass is 446 g/mol. The van der Waals surface area contributed by atoms with Gasteiger partial charge >= 0.3 is 0 Å². The summed E-state index contributed by atoms with van der Waals surface area (Å²) in [5.74, 6) is -2.00. The van der Waals surface area contributed by atoms with E-state index >= 15 is 0 Å². The Balaban J connectivity index is 1.87. The van der Waals surface area contributed by atoms with Gasteiger partial charge in [-0.1, -0.05) is 54.1 Å². The van der Waals surface area contributed by atoms with Crippen LogP contribution in [-0.4, -0.2) is 22.7 Å². The molecule has 0 bridgehead atoms. The second kappa shape index (κ2) is 8.69. The molecule has 4 rings (SSSR count). The Bertz CT molecular complexity index is 1220. The molecule has 0 aromatic heterocycles. The fourth-order valence-electron chi connectivity index (χ4n) is 3.72. The van der Waals surface area contributed by atoms with Crippen molar-refractivity contribution in [3.8, 4) is 0 Å². The molecular weight excluding hydrogens is 428 g/mol. The summed E-state index contributed by atoms with van der Waals surface area (Å²) in [5.41, 5.74) is 2.07. The number of hydrogen-bond acceptors (Lipinski definition) is 4. The second-order valence-electron chi connectivity index (χ2n) is 7.31. The molecule has 1 aliphatic rings. The molecule has 3 aromatic rings. The van der Waals surface area contributed by atoms with Crippen molar-refractivity contribution in [1.82, 2.24) is 0 Å². The first kappa shape index (κ1) is 21.3. The topological polar surface area (TPSA) is 86.7 Å². The van der Waals surface area contributed by atoms with Crippen molar-refractivity contribution >= 4 is 46.3 Å². The van der Waals surface area contributed by atoms with Crippen LogP contribution < -0.4 is 10.2 Å². The summed E-state index contributed by atoms with van der Waals surface area (Å²) >= 11 is 6.04. The molecule has 0 spiro atoms. The zero-order valence-electron chi connectivity index (χ0n) is 17.1. The second-order valence-corrected chi connectivity index (χ2v) is 7.75. The number of rotatable bonds is 4. The van der Waals surface area contributed by atoms with Crippen molar-refractivity contribution in [2.45, 2.75) is 13.0 Å². The number of amides is 2. The molecule has 160 valence electrons. The molecule has 0 unspecified atom stereocenters. The highest BCUT2D eigenvalue weighted by Crippen LogP contribution is 2.42. The minimum absolute atomic E-state index is 0.00513. The number of hydrogen-bond donors (Lipinski definition) is 2. The predicted molar refractivity (Wildman–Crippen MR) is 123 cm³/mol. The minimum atomic E-state index is -0.848. The fraction of sp³-hybridized carbons (Fsp3) is 0.0800. The number of benzene rings is 3. The number of nitrogens with zero attached hydrogens (tertiary/aromatic N) is 1. The highest BCUT2D eigenvalue weighted by Gasteiger charge is 2.46. The highest BCUT2D eigenvalue weighted by molar-refractivity contribution is 6.51. The van der Waals surface area contributed by atoms with Crippen LogP contribution >= 0.6 is 11.6 Å². The summed E-state index contributed by atoms with van der Waals surface area (Å²) in [6.45, 7) is 1.40. The number of aliphatic hydroxyl groups is 1. The summed E-state index contributed by atoms with van der Waals surface area (Å²) in [7, 11) is 0. The van der Waals surface area contributed by atoms with Gasteiger partial charge in [-0.15, -0.1) is 0 Å². The average Bonchev–Trinajstić information content (AvgIpc) is 3.05. The molecule has 2 amide bonds.